The van der Waals surface area contributed by atoms with Gasteiger partial charge in [0.1, 0.15) is 5.84 Å². The predicted molar refractivity (Wildman–Crippen MR) is 84.6 cm³/mol. The summed E-state index contributed by atoms with van der Waals surface area (Å²) in [6.07, 6.45) is 2.36. The number of piperidine rings is 1. The average Bonchev–Trinajstić information content (AvgIpc) is 2.95. The third-order valence-corrected chi connectivity index (χ3v) is 5.37. The first-order valence-corrected chi connectivity index (χ1v) is 7.82. The Bertz CT molecular complexity index is 737. The molecule has 3 rings (SSSR count). The zero-order valence-corrected chi connectivity index (χ0v) is 13.2. The minimum Gasteiger partial charge on any atom is -0.304 e. The second-order valence-electron chi connectivity index (χ2n) is 5.88. The molecule has 1 atom stereocenters. The van der Waals surface area contributed by atoms with Crippen LogP contribution in [0.2, 0.25) is 0 Å². The summed E-state index contributed by atoms with van der Waals surface area (Å²) in [6, 6.07) is 5.15. The normalized spacial score (nSPS) is 22.2. The van der Waals surface area contributed by atoms with Gasteiger partial charge in [-0.05, 0) is 28.6 Å². The maximum absolute atomic E-state index is 13.2. The first kappa shape index (κ1) is 14.8. The summed E-state index contributed by atoms with van der Waals surface area (Å²) >= 11 is 1.55. The number of rotatable bonds is 2. The molecule has 1 aliphatic rings. The van der Waals surface area contributed by atoms with Crippen molar-refractivity contribution < 1.29 is 9.18 Å². The number of hydrogen-bond donors (Lipinski definition) is 1. The lowest BCUT2D eigenvalue weighted by molar-refractivity contribution is -0.128. The maximum atomic E-state index is 13.2. The highest BCUT2D eigenvalue weighted by atomic mass is 32.1. The molecule has 4 nitrogen and oxygen atoms in total. The first-order valence-electron chi connectivity index (χ1n) is 6.94. The van der Waals surface area contributed by atoms with E-state index in [4.69, 9.17) is 5.41 Å². The van der Waals surface area contributed by atoms with E-state index in [1.807, 2.05) is 18.4 Å². The molecule has 1 amide bonds. The molecule has 3 heterocycles. The molecule has 0 aliphatic carbocycles. The van der Waals surface area contributed by atoms with Gasteiger partial charge in [-0.3, -0.25) is 10.2 Å². The van der Waals surface area contributed by atoms with Crippen LogP contribution in [-0.2, 0) is 10.2 Å². The van der Waals surface area contributed by atoms with E-state index in [0.717, 1.165) is 16.0 Å². The second-order valence-corrected chi connectivity index (χ2v) is 6.79. The second kappa shape index (κ2) is 5.28. The van der Waals surface area contributed by atoms with Crippen LogP contribution in [0.3, 0.4) is 0 Å². The van der Waals surface area contributed by atoms with Crippen LogP contribution in [-0.4, -0.2) is 28.7 Å². The zero-order valence-electron chi connectivity index (χ0n) is 12.4. The molecule has 6 heteroatoms. The monoisotopic (exact) mass is 317 g/mol. The number of aromatic nitrogens is 1. The minimum absolute atomic E-state index is 0.0383. The number of hydrogen-bond acceptors (Lipinski definition) is 4. The molecule has 0 saturated carbocycles. The van der Waals surface area contributed by atoms with Crippen molar-refractivity contribution in [1.82, 2.24) is 9.88 Å². The van der Waals surface area contributed by atoms with Crippen molar-refractivity contribution in [3.63, 3.8) is 0 Å². The van der Waals surface area contributed by atoms with Crippen molar-refractivity contribution in [1.29, 1.82) is 5.41 Å². The SMILES string of the molecule is CN1C(=N)C[C@](C)(c2cc(-c3ccnc(F)c3)cs2)CC1=O. The van der Waals surface area contributed by atoms with Crippen LogP contribution in [0.5, 0.6) is 0 Å². The lowest BCUT2D eigenvalue weighted by atomic mass is 9.78. The summed E-state index contributed by atoms with van der Waals surface area (Å²) in [5.74, 6) is -0.208. The van der Waals surface area contributed by atoms with Gasteiger partial charge in [-0.25, -0.2) is 4.98 Å². The number of pyridine rings is 1. The van der Waals surface area contributed by atoms with Crippen molar-refractivity contribution in [3.05, 3.63) is 40.6 Å². The van der Waals surface area contributed by atoms with Crippen LogP contribution in [0.25, 0.3) is 11.1 Å². The van der Waals surface area contributed by atoms with Gasteiger partial charge in [0.15, 0.2) is 0 Å². The molecule has 114 valence electrons. The third-order valence-electron chi connectivity index (χ3n) is 4.13. The van der Waals surface area contributed by atoms with E-state index in [9.17, 15) is 9.18 Å². The molecule has 1 saturated heterocycles. The number of halogens is 1. The molecule has 0 bridgehead atoms. The van der Waals surface area contributed by atoms with Gasteiger partial charge in [0, 0.05) is 42.4 Å². The van der Waals surface area contributed by atoms with Gasteiger partial charge in [-0.15, -0.1) is 11.3 Å². The Hall–Kier alpha value is -2.08. The van der Waals surface area contributed by atoms with Gasteiger partial charge in [0.2, 0.25) is 11.9 Å². The Balaban J connectivity index is 1.93. The fourth-order valence-corrected chi connectivity index (χ4v) is 3.80. The standard InChI is InChI=1S/C16H16FN3OS/c1-16(7-14(18)20(2)15(21)8-16)12-5-11(9-22-12)10-3-4-19-13(17)6-10/h3-6,9,18H,7-8H2,1-2H3/t16-/m0/s1. The van der Waals surface area contributed by atoms with Crippen LogP contribution >= 0.6 is 11.3 Å². The molecular formula is C16H16FN3OS. The van der Waals surface area contributed by atoms with Gasteiger partial charge in [0.25, 0.3) is 0 Å². The molecule has 0 unspecified atom stereocenters. The summed E-state index contributed by atoms with van der Waals surface area (Å²) in [5, 5.41) is 9.94. The van der Waals surface area contributed by atoms with Crippen LogP contribution < -0.4 is 0 Å². The Morgan fingerprint density at radius 1 is 1.36 bits per heavy atom. The van der Waals surface area contributed by atoms with Crippen LogP contribution in [0.4, 0.5) is 4.39 Å². The van der Waals surface area contributed by atoms with E-state index < -0.39 is 5.95 Å². The van der Waals surface area contributed by atoms with E-state index >= 15 is 0 Å². The number of amides is 1. The Labute approximate surface area is 132 Å². The van der Waals surface area contributed by atoms with E-state index in [0.29, 0.717) is 18.7 Å². The number of amidine groups is 1. The average molecular weight is 317 g/mol. The maximum Gasteiger partial charge on any atom is 0.228 e. The minimum atomic E-state index is -0.507. The van der Waals surface area contributed by atoms with E-state index in [1.165, 1.54) is 17.2 Å². The topological polar surface area (TPSA) is 57.1 Å². The molecule has 22 heavy (non-hydrogen) atoms. The van der Waals surface area contributed by atoms with Gasteiger partial charge in [-0.2, -0.15) is 4.39 Å². The van der Waals surface area contributed by atoms with Gasteiger partial charge < -0.3 is 4.90 Å². The summed E-state index contributed by atoms with van der Waals surface area (Å²) in [4.78, 5) is 18.1. The lowest BCUT2D eigenvalue weighted by Crippen LogP contribution is -2.46. The molecular weight excluding hydrogens is 301 g/mol. The van der Waals surface area contributed by atoms with Crippen molar-refractivity contribution in [2.75, 3.05) is 7.05 Å². The molecule has 1 N–H and O–H groups in total. The highest BCUT2D eigenvalue weighted by Crippen LogP contribution is 2.41. The van der Waals surface area contributed by atoms with E-state index in [1.54, 1.807) is 24.5 Å². The zero-order chi connectivity index (χ0) is 15.9. The van der Waals surface area contributed by atoms with E-state index in [-0.39, 0.29) is 11.3 Å². The summed E-state index contributed by atoms with van der Waals surface area (Å²) < 4.78 is 13.2. The van der Waals surface area contributed by atoms with Gasteiger partial charge >= 0.3 is 0 Å². The number of likely N-dealkylation sites (tertiary alicyclic amines) is 1. The molecule has 1 aliphatic heterocycles. The fourth-order valence-electron chi connectivity index (χ4n) is 2.71. The molecule has 0 radical (unpaired) electrons. The molecule has 1 fully saturated rings. The first-order chi connectivity index (χ1) is 10.4. The summed E-state index contributed by atoms with van der Waals surface area (Å²) in [5.41, 5.74) is 1.32. The lowest BCUT2D eigenvalue weighted by Gasteiger charge is -2.36. The summed E-state index contributed by atoms with van der Waals surface area (Å²) in [7, 11) is 1.64. The smallest absolute Gasteiger partial charge is 0.228 e. The molecule has 2 aromatic heterocycles. The van der Waals surface area contributed by atoms with Crippen LogP contribution in [0, 0.1) is 11.4 Å². The summed E-state index contributed by atoms with van der Waals surface area (Å²) in [6.45, 7) is 2.01. The predicted octanol–water partition coefficient (Wildman–Crippen LogP) is 3.44. The van der Waals surface area contributed by atoms with Crippen molar-refractivity contribution in [2.24, 2.45) is 0 Å². The van der Waals surface area contributed by atoms with Gasteiger partial charge in [0.05, 0.1) is 0 Å². The number of thiophene rings is 1. The highest BCUT2D eigenvalue weighted by molar-refractivity contribution is 7.10. The number of carbonyl (C=O) groups excluding carboxylic acids is 1. The van der Waals surface area contributed by atoms with Crippen LogP contribution in [0.15, 0.2) is 29.8 Å². The Morgan fingerprint density at radius 3 is 2.82 bits per heavy atom. The largest absolute Gasteiger partial charge is 0.304 e. The fraction of sp³-hybridized carbons (Fsp3) is 0.312. The quantitative estimate of drug-likeness (QED) is 0.863. The van der Waals surface area contributed by atoms with E-state index in [2.05, 4.69) is 4.98 Å². The third kappa shape index (κ3) is 2.54. The Morgan fingerprint density at radius 2 is 2.14 bits per heavy atom. The molecule has 0 spiro atoms. The molecule has 2 aromatic rings. The Kier molecular flexibility index (Phi) is 3.56. The van der Waals surface area contributed by atoms with Crippen LogP contribution in [0.1, 0.15) is 24.6 Å². The molecule has 0 aromatic carbocycles. The van der Waals surface area contributed by atoms with Crippen molar-refractivity contribution >= 4 is 23.1 Å². The van der Waals surface area contributed by atoms with Crippen molar-refractivity contribution in [2.45, 2.75) is 25.2 Å². The number of carbonyl (C=O) groups is 1. The number of nitrogens with one attached hydrogen (secondary N) is 1. The van der Waals surface area contributed by atoms with Gasteiger partial charge in [-0.1, -0.05) is 6.92 Å². The van der Waals surface area contributed by atoms with Crippen molar-refractivity contribution in [3.8, 4) is 11.1 Å². The highest BCUT2D eigenvalue weighted by Gasteiger charge is 2.39. The number of nitrogens with zero attached hydrogens (tertiary/aromatic N) is 2.